The minimum Gasteiger partial charge on any atom is -0.495 e. The molecule has 0 saturated carbocycles. The maximum atomic E-state index is 10.6. The van der Waals surface area contributed by atoms with Gasteiger partial charge in [-0.05, 0) is 56.1 Å². The van der Waals surface area contributed by atoms with Gasteiger partial charge in [0.2, 0.25) is 6.41 Å². The molecule has 1 amide bonds. The third-order valence-electron chi connectivity index (χ3n) is 5.50. The molecule has 0 spiro atoms. The first-order chi connectivity index (χ1) is 17.0. The molecule has 0 bridgehead atoms. The van der Waals surface area contributed by atoms with E-state index in [1.54, 1.807) is 19.4 Å². The molecule has 3 aromatic rings. The van der Waals surface area contributed by atoms with E-state index in [-0.39, 0.29) is 5.96 Å². The fourth-order valence-corrected chi connectivity index (χ4v) is 3.42. The Balaban J connectivity index is 0.000000363. The van der Waals surface area contributed by atoms with Crippen molar-refractivity contribution < 1.29 is 9.53 Å². The molecule has 0 unspecified atom stereocenters. The van der Waals surface area contributed by atoms with Crippen LogP contribution in [0.3, 0.4) is 0 Å². The number of para-hydroxylation sites is 2. The number of hydrogen-bond acceptors (Lipinski definition) is 6. The van der Waals surface area contributed by atoms with E-state index in [1.165, 1.54) is 26.2 Å². The van der Waals surface area contributed by atoms with E-state index in [1.807, 2.05) is 54.6 Å². The van der Waals surface area contributed by atoms with Gasteiger partial charge < -0.3 is 30.9 Å². The van der Waals surface area contributed by atoms with Crippen LogP contribution in [-0.4, -0.2) is 74.5 Å². The van der Waals surface area contributed by atoms with Crippen molar-refractivity contribution in [3.8, 4) is 16.9 Å². The second kappa shape index (κ2) is 13.1. The highest BCUT2D eigenvalue weighted by atomic mass is 16.5. The Hall–Kier alpha value is -3.95. The van der Waals surface area contributed by atoms with Gasteiger partial charge in [-0.2, -0.15) is 4.99 Å². The molecular formula is C26H33N7O2. The lowest BCUT2D eigenvalue weighted by molar-refractivity contribution is -0.105. The Morgan fingerprint density at radius 2 is 1.71 bits per heavy atom. The molecule has 9 nitrogen and oxygen atoms in total. The fraction of sp³-hybridized carbons (Fsp3) is 0.269. The molecule has 9 heteroatoms. The fourth-order valence-electron chi connectivity index (χ4n) is 3.42. The maximum absolute atomic E-state index is 10.6. The van der Waals surface area contributed by atoms with Crippen molar-refractivity contribution in [3.63, 3.8) is 0 Å². The number of carbonyl (C=O) groups excluding carboxylic acids is 1. The highest BCUT2D eigenvalue weighted by Gasteiger charge is 2.08. The SMILES string of the molecule is CN1CCN(C)CC1.COc1ccccc1NC(N)=Nc1ccc(-c2cccc(NC=O)c2)cn1. The molecule has 2 aromatic carbocycles. The number of pyridine rings is 1. The predicted octanol–water partition coefficient (Wildman–Crippen LogP) is 3.25. The van der Waals surface area contributed by atoms with Crippen LogP contribution < -0.4 is 21.1 Å². The monoisotopic (exact) mass is 475 g/mol. The van der Waals surface area contributed by atoms with E-state index in [2.05, 4.69) is 44.5 Å². The zero-order valence-electron chi connectivity index (χ0n) is 20.4. The number of nitrogens with two attached hydrogens (primary N) is 1. The first kappa shape index (κ1) is 25.7. The highest BCUT2D eigenvalue weighted by molar-refractivity contribution is 5.95. The summed E-state index contributed by atoms with van der Waals surface area (Å²) in [6.07, 6.45) is 2.35. The molecule has 2 heterocycles. The largest absolute Gasteiger partial charge is 0.495 e. The van der Waals surface area contributed by atoms with Crippen LogP contribution in [0.2, 0.25) is 0 Å². The second-order valence-electron chi connectivity index (χ2n) is 8.18. The quantitative estimate of drug-likeness (QED) is 0.285. The summed E-state index contributed by atoms with van der Waals surface area (Å²) in [5, 5.41) is 5.63. The number of piperazine rings is 1. The summed E-state index contributed by atoms with van der Waals surface area (Å²) in [6.45, 7) is 4.93. The molecule has 4 rings (SSSR count). The normalized spacial score (nSPS) is 14.4. The number of aliphatic imine (C=N–C) groups is 1. The number of aromatic nitrogens is 1. The number of likely N-dealkylation sites (N-methyl/N-ethyl adjacent to an activating group) is 2. The van der Waals surface area contributed by atoms with Crippen LogP contribution in [0.4, 0.5) is 17.2 Å². The van der Waals surface area contributed by atoms with Crippen molar-refractivity contribution in [2.75, 3.05) is 58.0 Å². The van der Waals surface area contributed by atoms with Crippen LogP contribution in [0.5, 0.6) is 5.75 Å². The Kier molecular flexibility index (Phi) is 9.58. The van der Waals surface area contributed by atoms with Gasteiger partial charge in [-0.15, -0.1) is 0 Å². The molecule has 1 fully saturated rings. The van der Waals surface area contributed by atoms with Crippen molar-refractivity contribution in [1.29, 1.82) is 0 Å². The molecule has 4 N–H and O–H groups in total. The molecule has 184 valence electrons. The molecule has 1 aromatic heterocycles. The van der Waals surface area contributed by atoms with Crippen LogP contribution in [0, 0.1) is 0 Å². The average molecular weight is 476 g/mol. The summed E-state index contributed by atoms with van der Waals surface area (Å²) in [7, 11) is 5.94. The van der Waals surface area contributed by atoms with Gasteiger partial charge in [0.05, 0.1) is 12.8 Å². The number of amides is 1. The molecule has 1 saturated heterocycles. The first-order valence-corrected chi connectivity index (χ1v) is 11.4. The number of ether oxygens (including phenoxy) is 1. The van der Waals surface area contributed by atoms with E-state index < -0.39 is 0 Å². The molecule has 0 atom stereocenters. The second-order valence-corrected chi connectivity index (χ2v) is 8.18. The number of benzene rings is 2. The lowest BCUT2D eigenvalue weighted by Crippen LogP contribution is -2.42. The summed E-state index contributed by atoms with van der Waals surface area (Å²) >= 11 is 0. The number of guanidine groups is 1. The van der Waals surface area contributed by atoms with Crippen molar-refractivity contribution >= 4 is 29.6 Å². The highest BCUT2D eigenvalue weighted by Crippen LogP contribution is 2.24. The molecule has 35 heavy (non-hydrogen) atoms. The topological polar surface area (TPSA) is 108 Å². The molecule has 1 aliphatic rings. The summed E-state index contributed by atoms with van der Waals surface area (Å²) in [4.78, 5) is 23.9. The number of nitrogens with zero attached hydrogens (tertiary/aromatic N) is 4. The number of hydrogen-bond donors (Lipinski definition) is 3. The molecular weight excluding hydrogens is 442 g/mol. The van der Waals surface area contributed by atoms with Gasteiger partial charge in [0, 0.05) is 43.6 Å². The van der Waals surface area contributed by atoms with Crippen molar-refractivity contribution in [2.45, 2.75) is 0 Å². The minimum absolute atomic E-state index is 0.205. The van der Waals surface area contributed by atoms with Crippen LogP contribution >= 0.6 is 0 Å². The van der Waals surface area contributed by atoms with Gasteiger partial charge >= 0.3 is 0 Å². The molecule has 1 aliphatic heterocycles. The number of nitrogens with one attached hydrogen (secondary N) is 2. The van der Waals surface area contributed by atoms with Gasteiger partial charge in [-0.25, -0.2) is 4.98 Å². The maximum Gasteiger partial charge on any atom is 0.211 e. The summed E-state index contributed by atoms with van der Waals surface area (Å²) in [5.74, 6) is 1.35. The van der Waals surface area contributed by atoms with Gasteiger partial charge in [-0.1, -0.05) is 24.3 Å². The number of methoxy groups -OCH3 is 1. The van der Waals surface area contributed by atoms with Crippen molar-refractivity contribution in [2.24, 2.45) is 10.7 Å². The zero-order chi connectivity index (χ0) is 25.0. The van der Waals surface area contributed by atoms with E-state index in [9.17, 15) is 4.79 Å². The van der Waals surface area contributed by atoms with Crippen molar-refractivity contribution in [1.82, 2.24) is 14.8 Å². The summed E-state index contributed by atoms with van der Waals surface area (Å²) < 4.78 is 5.27. The smallest absolute Gasteiger partial charge is 0.211 e. The Bertz CT molecular complexity index is 1100. The van der Waals surface area contributed by atoms with Crippen LogP contribution in [-0.2, 0) is 4.79 Å². The lowest BCUT2D eigenvalue weighted by atomic mass is 10.1. The van der Waals surface area contributed by atoms with E-state index >= 15 is 0 Å². The van der Waals surface area contributed by atoms with Crippen LogP contribution in [0.15, 0.2) is 71.9 Å². The number of carbonyl (C=O) groups is 1. The first-order valence-electron chi connectivity index (χ1n) is 11.4. The van der Waals surface area contributed by atoms with Gasteiger partial charge in [0.25, 0.3) is 0 Å². The number of anilines is 2. The van der Waals surface area contributed by atoms with Crippen LogP contribution in [0.25, 0.3) is 11.1 Å². The molecule has 0 radical (unpaired) electrons. The van der Waals surface area contributed by atoms with E-state index in [0.29, 0.717) is 18.0 Å². The van der Waals surface area contributed by atoms with Gasteiger partial charge in [0.15, 0.2) is 11.8 Å². The van der Waals surface area contributed by atoms with E-state index in [4.69, 9.17) is 10.5 Å². The van der Waals surface area contributed by atoms with E-state index in [0.717, 1.165) is 22.5 Å². The van der Waals surface area contributed by atoms with Crippen LogP contribution in [0.1, 0.15) is 0 Å². The number of rotatable bonds is 6. The standard InChI is InChI=1S/C20H19N5O2.C6H14N2/c1-27-18-8-3-2-7-17(18)24-20(21)25-19-10-9-15(12-22-19)14-5-4-6-16(11-14)23-13-26;1-7-3-5-8(2)6-4-7/h2-13H,1H3,(H,23,26)(H3,21,22,24,25);3-6H2,1-2H3. The summed E-state index contributed by atoms with van der Waals surface area (Å²) in [5.41, 5.74) is 9.24. The minimum atomic E-state index is 0.205. The Labute approximate surface area is 206 Å². The average Bonchev–Trinajstić information content (AvgIpc) is 2.87. The van der Waals surface area contributed by atoms with Gasteiger partial charge in [-0.3, -0.25) is 4.79 Å². The third-order valence-corrected chi connectivity index (χ3v) is 5.50. The predicted molar refractivity (Wildman–Crippen MR) is 142 cm³/mol. The Morgan fingerprint density at radius 3 is 2.34 bits per heavy atom. The zero-order valence-corrected chi connectivity index (χ0v) is 20.4. The third kappa shape index (κ3) is 8.09. The Morgan fingerprint density at radius 1 is 1.00 bits per heavy atom. The van der Waals surface area contributed by atoms with Crippen molar-refractivity contribution in [3.05, 3.63) is 66.9 Å². The van der Waals surface area contributed by atoms with Gasteiger partial charge in [0.1, 0.15) is 5.75 Å². The summed E-state index contributed by atoms with van der Waals surface area (Å²) in [6, 6.07) is 18.6. The lowest BCUT2D eigenvalue weighted by Gasteiger charge is -2.28. The molecule has 0 aliphatic carbocycles.